The van der Waals surface area contributed by atoms with Crippen LogP contribution >= 0.6 is 23.1 Å². The van der Waals surface area contributed by atoms with Crippen molar-refractivity contribution in [2.75, 3.05) is 12.8 Å². The highest BCUT2D eigenvalue weighted by atomic mass is 32.2. The van der Waals surface area contributed by atoms with Gasteiger partial charge in [0.05, 0.1) is 16.7 Å². The van der Waals surface area contributed by atoms with Gasteiger partial charge in [0, 0.05) is 20.1 Å². The molecular weight excluding hydrogens is 366 g/mol. The molecule has 0 saturated carbocycles. The summed E-state index contributed by atoms with van der Waals surface area (Å²) < 4.78 is 1.56. The Bertz CT molecular complexity index is 980. The third-order valence-electron chi connectivity index (χ3n) is 3.89. The lowest BCUT2D eigenvalue weighted by Crippen LogP contribution is -2.28. The van der Waals surface area contributed by atoms with Crippen molar-refractivity contribution in [1.82, 2.24) is 14.5 Å². The molecule has 0 unspecified atom stereocenters. The molecule has 2 heterocycles. The van der Waals surface area contributed by atoms with E-state index in [2.05, 4.69) is 11.6 Å². The zero-order valence-electron chi connectivity index (χ0n) is 14.4. The second-order valence-corrected chi connectivity index (χ2v) is 7.51. The van der Waals surface area contributed by atoms with E-state index in [4.69, 9.17) is 0 Å². The average Bonchev–Trinajstić information content (AvgIpc) is 3.15. The molecule has 2 aromatic heterocycles. The first-order valence-corrected chi connectivity index (χ1v) is 10.0. The second kappa shape index (κ2) is 8.33. The van der Waals surface area contributed by atoms with Gasteiger partial charge in [0.15, 0.2) is 5.16 Å². The summed E-state index contributed by atoms with van der Waals surface area (Å²) in [5.74, 6) is 0.219. The molecule has 0 fully saturated rings. The molecule has 3 aromatic rings. The van der Waals surface area contributed by atoms with Gasteiger partial charge >= 0.3 is 0 Å². The number of carbonyl (C=O) groups excluding carboxylic acids is 1. The first kappa shape index (κ1) is 18.4. The number of nitrogens with zero attached hydrogens (tertiary/aromatic N) is 3. The third-order valence-corrected chi connectivity index (χ3v) is 5.58. The number of thioether (sulfide) groups is 1. The van der Waals surface area contributed by atoms with Crippen LogP contribution in [0.4, 0.5) is 0 Å². The van der Waals surface area contributed by atoms with E-state index in [9.17, 15) is 9.59 Å². The molecule has 3 rings (SSSR count). The molecule has 0 saturated heterocycles. The molecule has 0 aliphatic heterocycles. The number of carbonyl (C=O) groups is 1. The fraction of sp³-hybridized carbons (Fsp3) is 0.211. The summed E-state index contributed by atoms with van der Waals surface area (Å²) in [6, 6.07) is 9.25. The van der Waals surface area contributed by atoms with Gasteiger partial charge in [-0.2, -0.15) is 11.3 Å². The zero-order chi connectivity index (χ0) is 18.5. The molecule has 7 heteroatoms. The van der Waals surface area contributed by atoms with Crippen LogP contribution in [0, 0.1) is 0 Å². The second-order valence-electron chi connectivity index (χ2n) is 5.79. The largest absolute Gasteiger partial charge is 0.341 e. The third kappa shape index (κ3) is 4.05. The lowest BCUT2D eigenvalue weighted by molar-refractivity contribution is -0.127. The Kier molecular flexibility index (Phi) is 5.90. The normalized spacial score (nSPS) is 10.8. The molecular formula is C19H19N3O2S2. The van der Waals surface area contributed by atoms with Crippen molar-refractivity contribution >= 4 is 39.9 Å². The predicted molar refractivity (Wildman–Crippen MR) is 108 cm³/mol. The highest BCUT2D eigenvalue weighted by Crippen LogP contribution is 2.19. The molecule has 0 N–H and O–H groups in total. The van der Waals surface area contributed by atoms with Gasteiger partial charge in [0.1, 0.15) is 0 Å². The highest BCUT2D eigenvalue weighted by Gasteiger charge is 2.15. The van der Waals surface area contributed by atoms with Crippen LogP contribution < -0.4 is 5.56 Å². The standard InChI is InChI=1S/C19H19N3O2S2/c1-3-9-22-18(24)15-6-4-5-7-16(15)20-19(22)26-13-17(23)21(2)11-14-8-10-25-12-14/h3-8,10,12H,1,9,11,13H2,2H3. The molecule has 0 bridgehead atoms. The van der Waals surface area contributed by atoms with Gasteiger partial charge in [-0.3, -0.25) is 14.2 Å². The predicted octanol–water partition coefficient (Wildman–Crippen LogP) is 3.39. The number of rotatable bonds is 7. The van der Waals surface area contributed by atoms with Gasteiger partial charge in [-0.05, 0) is 34.5 Å². The van der Waals surface area contributed by atoms with Crippen molar-refractivity contribution in [2.45, 2.75) is 18.2 Å². The minimum atomic E-state index is -0.114. The molecule has 0 radical (unpaired) electrons. The number of hydrogen-bond acceptors (Lipinski definition) is 5. The molecule has 134 valence electrons. The first-order chi connectivity index (χ1) is 12.6. The Morgan fingerprint density at radius 2 is 2.19 bits per heavy atom. The van der Waals surface area contributed by atoms with Crippen LogP contribution in [0.15, 0.2) is 63.7 Å². The van der Waals surface area contributed by atoms with E-state index in [1.165, 1.54) is 11.8 Å². The van der Waals surface area contributed by atoms with Gasteiger partial charge in [0.2, 0.25) is 5.91 Å². The molecule has 26 heavy (non-hydrogen) atoms. The summed E-state index contributed by atoms with van der Waals surface area (Å²) in [7, 11) is 1.78. The van der Waals surface area contributed by atoms with Crippen molar-refractivity contribution in [1.29, 1.82) is 0 Å². The fourth-order valence-electron chi connectivity index (χ4n) is 2.53. The van der Waals surface area contributed by atoms with E-state index in [-0.39, 0.29) is 17.2 Å². The van der Waals surface area contributed by atoms with E-state index >= 15 is 0 Å². The van der Waals surface area contributed by atoms with E-state index in [1.807, 2.05) is 35.0 Å². The van der Waals surface area contributed by atoms with Gasteiger partial charge in [-0.1, -0.05) is 30.0 Å². The number of para-hydroxylation sites is 1. The minimum Gasteiger partial charge on any atom is -0.341 e. The van der Waals surface area contributed by atoms with Crippen molar-refractivity contribution in [3.05, 3.63) is 69.7 Å². The molecule has 0 aliphatic carbocycles. The quantitative estimate of drug-likeness (QED) is 0.355. The highest BCUT2D eigenvalue weighted by molar-refractivity contribution is 7.99. The summed E-state index contributed by atoms with van der Waals surface area (Å²) in [4.78, 5) is 31.4. The van der Waals surface area contributed by atoms with Crippen LogP contribution in [0.2, 0.25) is 0 Å². The minimum absolute atomic E-state index is 0.00578. The number of hydrogen-bond donors (Lipinski definition) is 0. The SMILES string of the molecule is C=CCn1c(SCC(=O)N(C)Cc2ccsc2)nc2ccccc2c1=O. The van der Waals surface area contributed by atoms with Crippen LogP contribution in [0.25, 0.3) is 10.9 Å². The maximum atomic E-state index is 12.7. The maximum Gasteiger partial charge on any atom is 0.262 e. The van der Waals surface area contributed by atoms with E-state index in [0.717, 1.165) is 5.56 Å². The summed E-state index contributed by atoms with van der Waals surface area (Å²) in [5, 5.41) is 5.13. The summed E-state index contributed by atoms with van der Waals surface area (Å²) in [6.07, 6.45) is 1.66. The maximum absolute atomic E-state index is 12.7. The molecule has 0 spiro atoms. The first-order valence-electron chi connectivity index (χ1n) is 8.08. The average molecular weight is 386 g/mol. The number of amides is 1. The summed E-state index contributed by atoms with van der Waals surface area (Å²) in [5.41, 5.74) is 1.64. The van der Waals surface area contributed by atoms with Gasteiger partial charge in [-0.15, -0.1) is 6.58 Å². The molecule has 5 nitrogen and oxygen atoms in total. The Labute approximate surface area is 160 Å². The summed E-state index contributed by atoms with van der Waals surface area (Å²) in [6.45, 7) is 4.65. The molecule has 1 amide bonds. The summed E-state index contributed by atoms with van der Waals surface area (Å²) >= 11 is 2.89. The van der Waals surface area contributed by atoms with Crippen LogP contribution in [-0.4, -0.2) is 33.2 Å². The van der Waals surface area contributed by atoms with Crippen LogP contribution in [0.3, 0.4) is 0 Å². The smallest absolute Gasteiger partial charge is 0.262 e. The van der Waals surface area contributed by atoms with Gasteiger partial charge in [-0.25, -0.2) is 4.98 Å². The van der Waals surface area contributed by atoms with E-state index in [1.54, 1.807) is 40.0 Å². The van der Waals surface area contributed by atoms with E-state index in [0.29, 0.717) is 29.1 Å². The van der Waals surface area contributed by atoms with Crippen LogP contribution in [-0.2, 0) is 17.9 Å². The number of allylic oxidation sites excluding steroid dienone is 1. The zero-order valence-corrected chi connectivity index (χ0v) is 16.1. The Hall–Kier alpha value is -2.38. The Balaban J connectivity index is 1.79. The topological polar surface area (TPSA) is 55.2 Å². The number of thiophene rings is 1. The monoisotopic (exact) mass is 385 g/mol. The van der Waals surface area contributed by atoms with Crippen molar-refractivity contribution < 1.29 is 4.79 Å². The van der Waals surface area contributed by atoms with Crippen molar-refractivity contribution in [3.63, 3.8) is 0 Å². The Morgan fingerprint density at radius 3 is 2.92 bits per heavy atom. The van der Waals surface area contributed by atoms with Crippen LogP contribution in [0.5, 0.6) is 0 Å². The van der Waals surface area contributed by atoms with Gasteiger partial charge in [0.25, 0.3) is 5.56 Å². The van der Waals surface area contributed by atoms with Crippen LogP contribution in [0.1, 0.15) is 5.56 Å². The van der Waals surface area contributed by atoms with Gasteiger partial charge < -0.3 is 4.90 Å². The molecule has 0 aliphatic rings. The number of aromatic nitrogens is 2. The Morgan fingerprint density at radius 1 is 1.38 bits per heavy atom. The lowest BCUT2D eigenvalue weighted by Gasteiger charge is -2.17. The lowest BCUT2D eigenvalue weighted by atomic mass is 10.2. The number of benzene rings is 1. The molecule has 0 atom stereocenters. The number of fused-ring (bicyclic) bond motifs is 1. The van der Waals surface area contributed by atoms with E-state index < -0.39 is 0 Å². The van der Waals surface area contributed by atoms with Crippen molar-refractivity contribution in [2.24, 2.45) is 0 Å². The van der Waals surface area contributed by atoms with Crippen molar-refractivity contribution in [3.8, 4) is 0 Å². The fourth-order valence-corrected chi connectivity index (χ4v) is 4.14. The molecule has 1 aromatic carbocycles.